The lowest BCUT2D eigenvalue weighted by molar-refractivity contribution is -0.138. The molecule has 1 aromatic heterocycles. The van der Waals surface area contributed by atoms with Crippen molar-refractivity contribution in [2.75, 3.05) is 7.05 Å². The fourth-order valence-corrected chi connectivity index (χ4v) is 2.47. The number of amides is 1. The maximum absolute atomic E-state index is 13.0. The SMILES string of the molecule is CC(C)Cc1cc(C(=O)N(C)Cc2ccccc2C(F)(F)F)n[nH]1. The molecule has 7 heteroatoms. The van der Waals surface area contributed by atoms with Gasteiger partial charge >= 0.3 is 6.18 Å². The molecule has 1 N–H and O–H groups in total. The van der Waals surface area contributed by atoms with E-state index in [-0.39, 0.29) is 17.8 Å². The van der Waals surface area contributed by atoms with Crippen LogP contribution in [0.1, 0.15) is 41.2 Å². The van der Waals surface area contributed by atoms with Gasteiger partial charge in [0.15, 0.2) is 0 Å². The summed E-state index contributed by atoms with van der Waals surface area (Å²) < 4.78 is 39.1. The van der Waals surface area contributed by atoms with Crippen LogP contribution in [0.3, 0.4) is 0 Å². The topological polar surface area (TPSA) is 49.0 Å². The molecule has 0 unspecified atom stereocenters. The number of aromatic nitrogens is 2. The largest absolute Gasteiger partial charge is 0.416 e. The number of alkyl halides is 3. The fraction of sp³-hybridized carbons (Fsp3) is 0.412. The number of carbonyl (C=O) groups excluding carboxylic acids is 1. The van der Waals surface area contributed by atoms with Crippen molar-refractivity contribution >= 4 is 5.91 Å². The summed E-state index contributed by atoms with van der Waals surface area (Å²) in [6.07, 6.45) is -3.70. The number of nitrogens with zero attached hydrogens (tertiary/aromatic N) is 2. The summed E-state index contributed by atoms with van der Waals surface area (Å²) in [7, 11) is 1.46. The molecule has 1 aromatic carbocycles. The number of aromatic amines is 1. The van der Waals surface area contributed by atoms with E-state index < -0.39 is 17.6 Å². The van der Waals surface area contributed by atoms with Gasteiger partial charge in [-0.25, -0.2) is 0 Å². The average molecular weight is 339 g/mol. The van der Waals surface area contributed by atoms with Crippen LogP contribution in [0.15, 0.2) is 30.3 Å². The summed E-state index contributed by atoms with van der Waals surface area (Å²) in [5, 5.41) is 6.76. The molecule has 0 saturated heterocycles. The lowest BCUT2D eigenvalue weighted by atomic mass is 10.1. The molecule has 0 saturated carbocycles. The van der Waals surface area contributed by atoms with Crippen LogP contribution in [-0.2, 0) is 19.1 Å². The van der Waals surface area contributed by atoms with Gasteiger partial charge in [-0.15, -0.1) is 0 Å². The minimum atomic E-state index is -4.45. The highest BCUT2D eigenvalue weighted by Crippen LogP contribution is 2.32. The first-order valence-electron chi connectivity index (χ1n) is 7.63. The summed E-state index contributed by atoms with van der Waals surface area (Å²) in [4.78, 5) is 13.6. The molecule has 0 radical (unpaired) electrons. The Kier molecular flexibility index (Phi) is 5.31. The molecule has 0 atom stereocenters. The number of hydrogen-bond acceptors (Lipinski definition) is 2. The highest BCUT2D eigenvalue weighted by atomic mass is 19.4. The normalized spacial score (nSPS) is 11.8. The fourth-order valence-electron chi connectivity index (χ4n) is 2.47. The van der Waals surface area contributed by atoms with Crippen LogP contribution < -0.4 is 0 Å². The van der Waals surface area contributed by atoms with Crippen LogP contribution in [0, 0.1) is 5.92 Å². The van der Waals surface area contributed by atoms with Gasteiger partial charge < -0.3 is 4.90 Å². The molecule has 0 aliphatic rings. The third-order valence-electron chi connectivity index (χ3n) is 3.56. The van der Waals surface area contributed by atoms with E-state index in [2.05, 4.69) is 10.2 Å². The molecule has 0 spiro atoms. The first-order valence-corrected chi connectivity index (χ1v) is 7.63. The predicted octanol–water partition coefficient (Wildman–Crippen LogP) is 3.90. The third kappa shape index (κ3) is 4.37. The number of nitrogens with one attached hydrogen (secondary N) is 1. The average Bonchev–Trinajstić information content (AvgIpc) is 2.93. The van der Waals surface area contributed by atoms with E-state index >= 15 is 0 Å². The highest BCUT2D eigenvalue weighted by molar-refractivity contribution is 5.92. The summed E-state index contributed by atoms with van der Waals surface area (Å²) >= 11 is 0. The quantitative estimate of drug-likeness (QED) is 0.898. The number of benzene rings is 1. The minimum absolute atomic E-state index is 0.0544. The molecule has 24 heavy (non-hydrogen) atoms. The van der Waals surface area contributed by atoms with Crippen molar-refractivity contribution in [2.45, 2.75) is 33.0 Å². The molecule has 0 aliphatic heterocycles. The number of rotatable bonds is 5. The molecular weight excluding hydrogens is 319 g/mol. The van der Waals surface area contributed by atoms with Crippen molar-refractivity contribution in [2.24, 2.45) is 5.92 Å². The van der Waals surface area contributed by atoms with E-state index in [1.165, 1.54) is 30.1 Å². The van der Waals surface area contributed by atoms with Gasteiger partial charge in [-0.05, 0) is 30.0 Å². The van der Waals surface area contributed by atoms with Crippen LogP contribution in [0.5, 0.6) is 0 Å². The monoisotopic (exact) mass is 339 g/mol. The smallest absolute Gasteiger partial charge is 0.336 e. The Balaban J connectivity index is 2.14. The Morgan fingerprint density at radius 1 is 1.29 bits per heavy atom. The van der Waals surface area contributed by atoms with Crippen LogP contribution >= 0.6 is 0 Å². The summed E-state index contributed by atoms with van der Waals surface area (Å²) in [6, 6.07) is 6.90. The van der Waals surface area contributed by atoms with E-state index in [0.717, 1.165) is 18.2 Å². The Hall–Kier alpha value is -2.31. The second-order valence-electron chi connectivity index (χ2n) is 6.19. The van der Waals surface area contributed by atoms with Gasteiger partial charge in [-0.1, -0.05) is 32.0 Å². The molecule has 0 bridgehead atoms. The van der Waals surface area contributed by atoms with Crippen molar-refractivity contribution < 1.29 is 18.0 Å². The van der Waals surface area contributed by atoms with Gasteiger partial charge in [0.05, 0.1) is 5.56 Å². The molecule has 0 fully saturated rings. The van der Waals surface area contributed by atoms with Gasteiger partial charge in [-0.3, -0.25) is 9.89 Å². The van der Waals surface area contributed by atoms with E-state index in [1.807, 2.05) is 13.8 Å². The van der Waals surface area contributed by atoms with E-state index in [0.29, 0.717) is 5.92 Å². The zero-order valence-corrected chi connectivity index (χ0v) is 13.8. The van der Waals surface area contributed by atoms with Crippen molar-refractivity contribution in [3.05, 3.63) is 52.8 Å². The molecule has 4 nitrogen and oxygen atoms in total. The van der Waals surface area contributed by atoms with E-state index in [1.54, 1.807) is 6.07 Å². The van der Waals surface area contributed by atoms with E-state index in [9.17, 15) is 18.0 Å². The van der Waals surface area contributed by atoms with Gasteiger partial charge in [0.25, 0.3) is 5.91 Å². The maximum atomic E-state index is 13.0. The summed E-state index contributed by atoms with van der Waals surface area (Å²) in [5.74, 6) is -0.0111. The number of halogens is 3. The van der Waals surface area contributed by atoms with Crippen molar-refractivity contribution in [1.29, 1.82) is 0 Å². The second-order valence-corrected chi connectivity index (χ2v) is 6.19. The first-order chi connectivity index (χ1) is 11.2. The minimum Gasteiger partial charge on any atom is -0.336 e. The second kappa shape index (κ2) is 7.07. The Morgan fingerprint density at radius 3 is 2.58 bits per heavy atom. The van der Waals surface area contributed by atoms with Crippen molar-refractivity contribution in [3.63, 3.8) is 0 Å². The Bertz CT molecular complexity index is 707. The summed E-state index contributed by atoms with van der Waals surface area (Å²) in [6.45, 7) is 3.95. The molecule has 0 aliphatic carbocycles. The van der Waals surface area contributed by atoms with Gasteiger partial charge in [-0.2, -0.15) is 18.3 Å². The third-order valence-corrected chi connectivity index (χ3v) is 3.56. The van der Waals surface area contributed by atoms with Crippen LogP contribution in [-0.4, -0.2) is 28.1 Å². The zero-order chi connectivity index (χ0) is 17.9. The molecule has 1 amide bonds. The predicted molar refractivity (Wildman–Crippen MR) is 84.4 cm³/mol. The number of hydrogen-bond donors (Lipinski definition) is 1. The molecule has 2 rings (SSSR count). The van der Waals surface area contributed by atoms with Crippen molar-refractivity contribution in [1.82, 2.24) is 15.1 Å². The molecule has 1 heterocycles. The lowest BCUT2D eigenvalue weighted by Crippen LogP contribution is -2.27. The molecule has 2 aromatic rings. The van der Waals surface area contributed by atoms with Gasteiger partial charge in [0, 0.05) is 19.3 Å². The standard InChI is InChI=1S/C17H20F3N3O/c1-11(2)8-13-9-15(22-21-13)16(24)23(3)10-12-6-4-5-7-14(12)17(18,19)20/h4-7,9,11H,8,10H2,1-3H3,(H,21,22). The number of carbonyl (C=O) groups is 1. The zero-order valence-electron chi connectivity index (χ0n) is 13.8. The van der Waals surface area contributed by atoms with Crippen LogP contribution in [0.25, 0.3) is 0 Å². The lowest BCUT2D eigenvalue weighted by Gasteiger charge is -2.19. The maximum Gasteiger partial charge on any atom is 0.416 e. The van der Waals surface area contributed by atoms with Gasteiger partial charge in [0.1, 0.15) is 5.69 Å². The van der Waals surface area contributed by atoms with Gasteiger partial charge in [0.2, 0.25) is 0 Å². The number of H-pyrrole nitrogens is 1. The summed E-state index contributed by atoms with van der Waals surface area (Å²) in [5.41, 5.74) is 0.362. The van der Waals surface area contributed by atoms with Crippen molar-refractivity contribution in [3.8, 4) is 0 Å². The Morgan fingerprint density at radius 2 is 1.96 bits per heavy atom. The van der Waals surface area contributed by atoms with E-state index in [4.69, 9.17) is 0 Å². The van der Waals surface area contributed by atoms with Crippen LogP contribution in [0.2, 0.25) is 0 Å². The Labute approximate surface area is 138 Å². The highest BCUT2D eigenvalue weighted by Gasteiger charge is 2.33. The first kappa shape index (κ1) is 18.0. The van der Waals surface area contributed by atoms with Crippen LogP contribution in [0.4, 0.5) is 13.2 Å². The molecular formula is C17H20F3N3O. The molecule has 130 valence electrons.